The van der Waals surface area contributed by atoms with E-state index in [2.05, 4.69) is 20.4 Å². The minimum Gasteiger partial charge on any atom is -0.366 e. The number of aromatic nitrogens is 3. The molecule has 2 rings (SSSR count). The van der Waals surface area contributed by atoms with Gasteiger partial charge in [0, 0.05) is 32.4 Å². The summed E-state index contributed by atoms with van der Waals surface area (Å²) < 4.78 is 5.11. The van der Waals surface area contributed by atoms with Gasteiger partial charge in [-0.2, -0.15) is 4.98 Å². The first kappa shape index (κ1) is 12.3. The van der Waals surface area contributed by atoms with Gasteiger partial charge in [-0.3, -0.25) is 0 Å². The average Bonchev–Trinajstić information content (AvgIpc) is 2.67. The van der Waals surface area contributed by atoms with Crippen LogP contribution in [-0.4, -0.2) is 29.2 Å². The summed E-state index contributed by atoms with van der Waals surface area (Å²) in [7, 11) is 3.82. The van der Waals surface area contributed by atoms with Crippen LogP contribution in [0.4, 0.5) is 11.8 Å². The van der Waals surface area contributed by atoms with Crippen LogP contribution in [-0.2, 0) is 6.54 Å². The highest BCUT2D eigenvalue weighted by Gasteiger charge is 2.09. The first-order valence-corrected chi connectivity index (χ1v) is 5.74. The average molecular weight is 247 g/mol. The van der Waals surface area contributed by atoms with E-state index < -0.39 is 0 Å². The maximum Gasteiger partial charge on any atom is 0.226 e. The van der Waals surface area contributed by atoms with Gasteiger partial charge in [0.15, 0.2) is 0 Å². The molecule has 0 amide bonds. The Morgan fingerprint density at radius 3 is 2.72 bits per heavy atom. The number of aryl methyl sites for hydroxylation is 2. The quantitative estimate of drug-likeness (QED) is 0.888. The smallest absolute Gasteiger partial charge is 0.226 e. The second-order valence-corrected chi connectivity index (χ2v) is 4.29. The third-order valence-corrected chi connectivity index (χ3v) is 2.67. The lowest BCUT2D eigenvalue weighted by molar-refractivity contribution is 0.392. The van der Waals surface area contributed by atoms with Gasteiger partial charge in [-0.15, -0.1) is 0 Å². The summed E-state index contributed by atoms with van der Waals surface area (Å²) in [5, 5.41) is 7.16. The van der Waals surface area contributed by atoms with Gasteiger partial charge in [0.2, 0.25) is 5.95 Å². The molecule has 0 atom stereocenters. The van der Waals surface area contributed by atoms with Gasteiger partial charge < -0.3 is 14.7 Å². The standard InChI is InChI=1S/C12H17N5O/c1-8-10(9(2)18-16-8)7-14-11-5-6-13-12(15-11)17(3)4/h5-6H,7H2,1-4H3,(H,13,14,15). The highest BCUT2D eigenvalue weighted by Crippen LogP contribution is 2.15. The summed E-state index contributed by atoms with van der Waals surface area (Å²) in [6.07, 6.45) is 1.73. The van der Waals surface area contributed by atoms with E-state index in [0.29, 0.717) is 12.5 Å². The molecule has 0 aromatic carbocycles. The molecule has 0 radical (unpaired) electrons. The van der Waals surface area contributed by atoms with E-state index in [9.17, 15) is 0 Å². The van der Waals surface area contributed by atoms with Crippen molar-refractivity contribution in [2.24, 2.45) is 0 Å². The third kappa shape index (κ3) is 2.58. The van der Waals surface area contributed by atoms with Crippen molar-refractivity contribution in [3.8, 4) is 0 Å². The molecule has 0 aliphatic heterocycles. The van der Waals surface area contributed by atoms with Crippen LogP contribution in [0.15, 0.2) is 16.8 Å². The first-order chi connectivity index (χ1) is 8.58. The lowest BCUT2D eigenvalue weighted by Crippen LogP contribution is -2.13. The molecule has 96 valence electrons. The van der Waals surface area contributed by atoms with Crippen molar-refractivity contribution >= 4 is 11.8 Å². The lowest BCUT2D eigenvalue weighted by Gasteiger charge is -2.11. The Labute approximate surface area is 106 Å². The second kappa shape index (κ2) is 5.03. The molecule has 6 heteroatoms. The van der Waals surface area contributed by atoms with Gasteiger partial charge in [-0.1, -0.05) is 5.16 Å². The summed E-state index contributed by atoms with van der Waals surface area (Å²) in [4.78, 5) is 10.4. The number of nitrogens with one attached hydrogen (secondary N) is 1. The fourth-order valence-electron chi connectivity index (χ4n) is 1.60. The topological polar surface area (TPSA) is 67.1 Å². The van der Waals surface area contributed by atoms with Crippen molar-refractivity contribution in [3.05, 3.63) is 29.3 Å². The summed E-state index contributed by atoms with van der Waals surface area (Å²) in [5.74, 6) is 2.30. The zero-order valence-electron chi connectivity index (χ0n) is 11.1. The fourth-order valence-corrected chi connectivity index (χ4v) is 1.60. The Bertz CT molecular complexity index is 516. The van der Waals surface area contributed by atoms with E-state index in [0.717, 1.165) is 22.8 Å². The number of hydrogen-bond acceptors (Lipinski definition) is 6. The Morgan fingerprint density at radius 2 is 2.11 bits per heavy atom. The van der Waals surface area contributed by atoms with Crippen molar-refractivity contribution in [2.45, 2.75) is 20.4 Å². The highest BCUT2D eigenvalue weighted by molar-refractivity contribution is 5.41. The molecule has 0 saturated heterocycles. The molecular weight excluding hydrogens is 230 g/mol. The number of rotatable bonds is 4. The molecule has 6 nitrogen and oxygen atoms in total. The van der Waals surface area contributed by atoms with Crippen LogP contribution in [0.5, 0.6) is 0 Å². The number of hydrogen-bond donors (Lipinski definition) is 1. The summed E-state index contributed by atoms with van der Waals surface area (Å²) >= 11 is 0. The Balaban J connectivity index is 2.09. The maximum atomic E-state index is 5.11. The van der Waals surface area contributed by atoms with Crippen molar-refractivity contribution < 1.29 is 4.52 Å². The predicted octanol–water partition coefficient (Wildman–Crippen LogP) is 1.76. The van der Waals surface area contributed by atoms with Crippen LogP contribution >= 0.6 is 0 Å². The fraction of sp³-hybridized carbons (Fsp3) is 0.417. The molecule has 0 bridgehead atoms. The molecule has 0 unspecified atom stereocenters. The number of nitrogens with zero attached hydrogens (tertiary/aromatic N) is 4. The van der Waals surface area contributed by atoms with Crippen molar-refractivity contribution in [1.82, 2.24) is 15.1 Å². The monoisotopic (exact) mass is 247 g/mol. The van der Waals surface area contributed by atoms with Gasteiger partial charge in [-0.05, 0) is 19.9 Å². The van der Waals surface area contributed by atoms with Crippen LogP contribution in [0, 0.1) is 13.8 Å². The van der Waals surface area contributed by atoms with Gasteiger partial charge in [0.1, 0.15) is 11.6 Å². The lowest BCUT2D eigenvalue weighted by atomic mass is 10.2. The van der Waals surface area contributed by atoms with Gasteiger partial charge in [0.05, 0.1) is 5.69 Å². The van der Waals surface area contributed by atoms with Crippen LogP contribution < -0.4 is 10.2 Å². The molecule has 0 saturated carbocycles. The Kier molecular flexibility index (Phi) is 3.45. The second-order valence-electron chi connectivity index (χ2n) is 4.29. The minimum absolute atomic E-state index is 0.644. The minimum atomic E-state index is 0.644. The van der Waals surface area contributed by atoms with Gasteiger partial charge in [0.25, 0.3) is 0 Å². The van der Waals surface area contributed by atoms with Crippen LogP contribution in [0.1, 0.15) is 17.0 Å². The molecule has 2 heterocycles. The molecule has 0 fully saturated rings. The van der Waals surface area contributed by atoms with Crippen molar-refractivity contribution in [2.75, 3.05) is 24.3 Å². The molecule has 0 aliphatic carbocycles. The van der Waals surface area contributed by atoms with Crippen LogP contribution in [0.3, 0.4) is 0 Å². The molecule has 2 aromatic heterocycles. The molecule has 2 aromatic rings. The first-order valence-electron chi connectivity index (χ1n) is 5.74. The highest BCUT2D eigenvalue weighted by atomic mass is 16.5. The zero-order valence-corrected chi connectivity index (χ0v) is 11.1. The van der Waals surface area contributed by atoms with Crippen molar-refractivity contribution in [3.63, 3.8) is 0 Å². The third-order valence-electron chi connectivity index (χ3n) is 2.67. The molecule has 0 spiro atoms. The largest absolute Gasteiger partial charge is 0.366 e. The predicted molar refractivity (Wildman–Crippen MR) is 69.7 cm³/mol. The van der Waals surface area contributed by atoms with Crippen LogP contribution in [0.25, 0.3) is 0 Å². The Hall–Kier alpha value is -2.11. The maximum absolute atomic E-state index is 5.11. The van der Waals surface area contributed by atoms with Gasteiger partial charge in [-0.25, -0.2) is 4.98 Å². The number of anilines is 2. The van der Waals surface area contributed by atoms with Crippen molar-refractivity contribution in [1.29, 1.82) is 0 Å². The summed E-state index contributed by atoms with van der Waals surface area (Å²) in [5.41, 5.74) is 1.97. The van der Waals surface area contributed by atoms with E-state index in [1.807, 2.05) is 38.9 Å². The van der Waals surface area contributed by atoms with E-state index in [-0.39, 0.29) is 0 Å². The normalized spacial score (nSPS) is 10.4. The van der Waals surface area contributed by atoms with Crippen LogP contribution in [0.2, 0.25) is 0 Å². The van der Waals surface area contributed by atoms with Gasteiger partial charge >= 0.3 is 0 Å². The molecule has 0 aliphatic rings. The molecule has 1 N–H and O–H groups in total. The van der Waals surface area contributed by atoms with E-state index >= 15 is 0 Å². The SMILES string of the molecule is Cc1noc(C)c1CNc1ccnc(N(C)C)n1. The molecular formula is C12H17N5O. The Morgan fingerprint density at radius 1 is 1.33 bits per heavy atom. The van der Waals surface area contributed by atoms with E-state index in [1.165, 1.54) is 0 Å². The zero-order chi connectivity index (χ0) is 13.1. The summed E-state index contributed by atoms with van der Waals surface area (Å²) in [6.45, 7) is 4.48. The van der Waals surface area contributed by atoms with E-state index in [1.54, 1.807) is 6.20 Å². The van der Waals surface area contributed by atoms with E-state index in [4.69, 9.17) is 4.52 Å². The molecule has 18 heavy (non-hydrogen) atoms. The summed E-state index contributed by atoms with van der Waals surface area (Å²) in [6, 6.07) is 1.84.